The van der Waals surface area contributed by atoms with Crippen LogP contribution in [0.15, 0.2) is 59.6 Å². The van der Waals surface area contributed by atoms with Gasteiger partial charge < -0.3 is 10.6 Å². The first-order valence-electron chi connectivity index (χ1n) is 9.76. The summed E-state index contributed by atoms with van der Waals surface area (Å²) >= 11 is 12.8. The predicted molar refractivity (Wildman–Crippen MR) is 118 cm³/mol. The minimum absolute atomic E-state index is 0.0767. The number of Topliss-reactive ketones (excluding diaryl/α,β-unsaturated/α-hetero) is 1. The number of pyridine rings is 1. The number of rotatable bonds is 3. The van der Waals surface area contributed by atoms with Crippen molar-refractivity contribution in [1.82, 2.24) is 10.3 Å². The van der Waals surface area contributed by atoms with Crippen molar-refractivity contribution >= 4 is 40.7 Å². The zero-order valence-electron chi connectivity index (χ0n) is 16.6. The molecule has 0 fully saturated rings. The summed E-state index contributed by atoms with van der Waals surface area (Å²) in [5.74, 6) is -0.812. The van der Waals surface area contributed by atoms with E-state index in [1.807, 2.05) is 38.1 Å². The molecule has 1 aromatic carbocycles. The van der Waals surface area contributed by atoms with Crippen LogP contribution in [0, 0.1) is 12.8 Å². The van der Waals surface area contributed by atoms with E-state index in [4.69, 9.17) is 23.2 Å². The van der Waals surface area contributed by atoms with Crippen molar-refractivity contribution in [2.45, 2.75) is 32.6 Å². The molecule has 1 aliphatic carbocycles. The zero-order chi connectivity index (χ0) is 21.4. The quantitative estimate of drug-likeness (QED) is 0.689. The van der Waals surface area contributed by atoms with Gasteiger partial charge in [-0.25, -0.2) is 4.98 Å². The van der Waals surface area contributed by atoms with E-state index in [1.54, 1.807) is 18.3 Å². The molecule has 154 valence electrons. The Morgan fingerprint density at radius 2 is 1.97 bits per heavy atom. The Labute approximate surface area is 185 Å². The molecule has 4 rings (SSSR count). The van der Waals surface area contributed by atoms with Gasteiger partial charge in [0.05, 0.1) is 16.0 Å². The van der Waals surface area contributed by atoms with E-state index in [1.165, 1.54) is 0 Å². The third-order valence-electron chi connectivity index (χ3n) is 5.62. The van der Waals surface area contributed by atoms with E-state index in [2.05, 4.69) is 15.6 Å². The van der Waals surface area contributed by atoms with E-state index in [0.717, 1.165) is 11.3 Å². The van der Waals surface area contributed by atoms with Crippen molar-refractivity contribution in [2.24, 2.45) is 5.92 Å². The van der Waals surface area contributed by atoms with Gasteiger partial charge >= 0.3 is 0 Å². The number of benzene rings is 1. The number of aromatic nitrogens is 1. The standard InChI is InChI=1S/C23H21Cl2N3O2/c1-12-6-5-11-26-22(12)28-23(30)18-13(2)27-16-9-4-10-17(29)20(16)19(18)14-7-3-8-15(24)21(14)25/h3,5-9,11,19-20,27H,4,10H2,1-2H3,(H,26,28,30). The fourth-order valence-corrected chi connectivity index (χ4v) is 4.63. The lowest BCUT2D eigenvalue weighted by Gasteiger charge is -2.38. The van der Waals surface area contributed by atoms with Gasteiger partial charge in [-0.3, -0.25) is 9.59 Å². The molecular formula is C23H21Cl2N3O2. The number of hydrogen-bond acceptors (Lipinski definition) is 4. The molecule has 0 saturated carbocycles. The molecule has 5 nitrogen and oxygen atoms in total. The summed E-state index contributed by atoms with van der Waals surface area (Å²) < 4.78 is 0. The highest BCUT2D eigenvalue weighted by atomic mass is 35.5. The fraction of sp³-hybridized carbons (Fsp3) is 0.261. The van der Waals surface area contributed by atoms with Crippen molar-refractivity contribution < 1.29 is 9.59 Å². The number of nitrogens with zero attached hydrogens (tertiary/aromatic N) is 1. The van der Waals surface area contributed by atoms with Crippen LogP contribution in [0.3, 0.4) is 0 Å². The first-order chi connectivity index (χ1) is 14.4. The minimum Gasteiger partial charge on any atom is -0.362 e. The SMILES string of the molecule is CC1=C(C(=O)Nc2ncccc2C)C(c2cccc(Cl)c2Cl)C2C(=O)CCC=C2N1. The largest absolute Gasteiger partial charge is 0.362 e. The lowest BCUT2D eigenvalue weighted by Crippen LogP contribution is -2.41. The van der Waals surface area contributed by atoms with Crippen molar-refractivity contribution in [3.8, 4) is 0 Å². The van der Waals surface area contributed by atoms with Crippen LogP contribution in [-0.4, -0.2) is 16.7 Å². The maximum Gasteiger partial charge on any atom is 0.255 e. The number of ketones is 1. The average molecular weight is 442 g/mol. The summed E-state index contributed by atoms with van der Waals surface area (Å²) in [4.78, 5) is 30.7. The summed E-state index contributed by atoms with van der Waals surface area (Å²) in [5, 5.41) is 6.92. The second kappa shape index (κ2) is 8.25. The molecule has 0 saturated heterocycles. The Balaban J connectivity index is 1.85. The number of anilines is 1. The normalized spacial score (nSPS) is 20.9. The number of halogens is 2. The number of aryl methyl sites for hydroxylation is 1. The Morgan fingerprint density at radius 3 is 2.73 bits per heavy atom. The Hall–Kier alpha value is -2.63. The van der Waals surface area contributed by atoms with Crippen molar-refractivity contribution in [2.75, 3.05) is 5.32 Å². The van der Waals surface area contributed by atoms with Crippen LogP contribution in [0.5, 0.6) is 0 Å². The number of carbonyl (C=O) groups is 2. The van der Waals surface area contributed by atoms with Crippen LogP contribution in [0.25, 0.3) is 0 Å². The maximum atomic E-state index is 13.4. The Bertz CT molecular complexity index is 1110. The molecule has 1 aromatic heterocycles. The molecule has 0 bridgehead atoms. The number of hydrogen-bond donors (Lipinski definition) is 2. The molecule has 2 aliphatic rings. The van der Waals surface area contributed by atoms with Crippen LogP contribution in [0.2, 0.25) is 10.0 Å². The van der Waals surface area contributed by atoms with Gasteiger partial charge in [0, 0.05) is 35.5 Å². The summed E-state index contributed by atoms with van der Waals surface area (Å²) in [6.07, 6.45) is 4.76. The van der Waals surface area contributed by atoms with Crippen LogP contribution in [0.4, 0.5) is 5.82 Å². The summed E-state index contributed by atoms with van der Waals surface area (Å²) in [7, 11) is 0. The number of nitrogens with one attached hydrogen (secondary N) is 2. The van der Waals surface area contributed by atoms with E-state index in [9.17, 15) is 9.59 Å². The highest BCUT2D eigenvalue weighted by Crippen LogP contribution is 2.46. The van der Waals surface area contributed by atoms with Gasteiger partial charge in [-0.1, -0.05) is 47.5 Å². The molecular weight excluding hydrogens is 421 g/mol. The molecule has 2 heterocycles. The van der Waals surface area contributed by atoms with Gasteiger partial charge in [-0.15, -0.1) is 0 Å². The van der Waals surface area contributed by atoms with Gasteiger partial charge in [-0.05, 0) is 43.5 Å². The Kier molecular flexibility index (Phi) is 5.67. The third-order valence-corrected chi connectivity index (χ3v) is 6.45. The van der Waals surface area contributed by atoms with E-state index in [0.29, 0.717) is 45.5 Å². The number of fused-ring (bicyclic) bond motifs is 1. The molecule has 1 amide bonds. The maximum absolute atomic E-state index is 13.4. The first kappa shape index (κ1) is 20.6. The first-order valence-corrected chi connectivity index (χ1v) is 10.5. The molecule has 30 heavy (non-hydrogen) atoms. The van der Waals surface area contributed by atoms with Gasteiger partial charge in [0.15, 0.2) is 0 Å². The molecule has 2 aromatic rings. The molecule has 2 unspecified atom stereocenters. The van der Waals surface area contributed by atoms with E-state index < -0.39 is 11.8 Å². The fourth-order valence-electron chi connectivity index (χ4n) is 4.20. The lowest BCUT2D eigenvalue weighted by atomic mass is 9.70. The lowest BCUT2D eigenvalue weighted by molar-refractivity contribution is -0.122. The number of amides is 1. The monoisotopic (exact) mass is 441 g/mol. The van der Waals surface area contributed by atoms with Crippen LogP contribution in [-0.2, 0) is 9.59 Å². The summed E-state index contributed by atoms with van der Waals surface area (Å²) in [6.45, 7) is 3.71. The van der Waals surface area contributed by atoms with Crippen molar-refractivity contribution in [3.63, 3.8) is 0 Å². The van der Waals surface area contributed by atoms with Crippen molar-refractivity contribution in [1.29, 1.82) is 0 Å². The van der Waals surface area contributed by atoms with E-state index >= 15 is 0 Å². The molecule has 1 aliphatic heterocycles. The second-order valence-electron chi connectivity index (χ2n) is 7.55. The highest BCUT2D eigenvalue weighted by molar-refractivity contribution is 6.42. The third kappa shape index (κ3) is 3.64. The molecule has 2 atom stereocenters. The van der Waals surface area contributed by atoms with Crippen molar-refractivity contribution in [3.05, 3.63) is 80.7 Å². The van der Waals surface area contributed by atoms with Gasteiger partial charge in [0.25, 0.3) is 5.91 Å². The van der Waals surface area contributed by atoms with Gasteiger partial charge in [0.2, 0.25) is 0 Å². The Morgan fingerprint density at radius 1 is 1.17 bits per heavy atom. The second-order valence-corrected chi connectivity index (χ2v) is 8.33. The van der Waals surface area contributed by atoms with E-state index in [-0.39, 0.29) is 11.7 Å². The predicted octanol–water partition coefficient (Wildman–Crippen LogP) is 5.16. The molecule has 0 radical (unpaired) electrons. The van der Waals surface area contributed by atoms with Crippen LogP contribution < -0.4 is 10.6 Å². The topological polar surface area (TPSA) is 71.1 Å². The minimum atomic E-state index is -0.541. The summed E-state index contributed by atoms with van der Waals surface area (Å²) in [5.41, 5.74) is 3.47. The van der Waals surface area contributed by atoms with Gasteiger partial charge in [0.1, 0.15) is 11.6 Å². The number of allylic oxidation sites excluding steroid dienone is 3. The highest BCUT2D eigenvalue weighted by Gasteiger charge is 2.43. The average Bonchev–Trinajstić information content (AvgIpc) is 2.71. The van der Waals surface area contributed by atoms with Crippen LogP contribution in [0.1, 0.15) is 36.8 Å². The molecule has 7 heteroatoms. The molecule has 2 N–H and O–H groups in total. The zero-order valence-corrected chi connectivity index (χ0v) is 18.1. The number of carbonyl (C=O) groups excluding carboxylic acids is 2. The van der Waals surface area contributed by atoms with Crippen LogP contribution >= 0.6 is 23.2 Å². The smallest absolute Gasteiger partial charge is 0.255 e. The molecule has 0 spiro atoms. The summed E-state index contributed by atoms with van der Waals surface area (Å²) in [6, 6.07) is 9.00. The van der Waals surface area contributed by atoms with Gasteiger partial charge in [-0.2, -0.15) is 0 Å².